The number of esters is 1. The summed E-state index contributed by atoms with van der Waals surface area (Å²) in [6.07, 6.45) is 1.98. The van der Waals surface area contributed by atoms with E-state index in [9.17, 15) is 15.2 Å². The molecule has 1 aromatic carbocycles. The van der Waals surface area contributed by atoms with Gasteiger partial charge in [-0.1, -0.05) is 13.8 Å². The first kappa shape index (κ1) is 19.5. The van der Waals surface area contributed by atoms with E-state index in [0.29, 0.717) is 28.9 Å². The van der Waals surface area contributed by atoms with Crippen LogP contribution in [0.25, 0.3) is 0 Å². The van der Waals surface area contributed by atoms with Gasteiger partial charge in [-0.3, -0.25) is 0 Å². The molecule has 2 N–H and O–H groups in total. The van der Waals surface area contributed by atoms with E-state index < -0.39 is 11.6 Å². The van der Waals surface area contributed by atoms with Gasteiger partial charge in [0.1, 0.15) is 17.0 Å². The van der Waals surface area contributed by atoms with Crippen LogP contribution in [0.3, 0.4) is 0 Å². The fourth-order valence-electron chi connectivity index (χ4n) is 2.76. The van der Waals surface area contributed by atoms with Crippen molar-refractivity contribution in [3.8, 4) is 11.8 Å². The van der Waals surface area contributed by atoms with E-state index in [-0.39, 0.29) is 23.9 Å². The molecule has 1 aliphatic rings. The molecule has 138 valence electrons. The highest BCUT2D eigenvalue weighted by molar-refractivity contribution is 6.01. The number of hydrogen-bond acceptors (Lipinski definition) is 6. The van der Waals surface area contributed by atoms with Crippen molar-refractivity contribution >= 4 is 17.4 Å². The van der Waals surface area contributed by atoms with Crippen molar-refractivity contribution in [2.75, 3.05) is 11.4 Å². The molecule has 1 heterocycles. The molecule has 6 nitrogen and oxygen atoms in total. The van der Waals surface area contributed by atoms with Crippen LogP contribution in [0.5, 0.6) is 5.75 Å². The van der Waals surface area contributed by atoms with Crippen molar-refractivity contribution < 1.29 is 14.6 Å². The van der Waals surface area contributed by atoms with E-state index >= 15 is 0 Å². The van der Waals surface area contributed by atoms with E-state index in [1.165, 1.54) is 6.07 Å². The van der Waals surface area contributed by atoms with Gasteiger partial charge in [0.25, 0.3) is 0 Å². The average molecular weight is 355 g/mol. The minimum Gasteiger partial charge on any atom is -0.505 e. The number of rotatable bonds is 3. The third-order valence-electron chi connectivity index (χ3n) is 3.95. The zero-order chi connectivity index (χ0) is 19.6. The number of hydrogen-bond donors (Lipinski definition) is 2. The molecule has 0 unspecified atom stereocenters. The highest BCUT2D eigenvalue weighted by Crippen LogP contribution is 2.39. The Hall–Kier alpha value is -2.81. The van der Waals surface area contributed by atoms with Crippen molar-refractivity contribution in [3.63, 3.8) is 0 Å². The van der Waals surface area contributed by atoms with Gasteiger partial charge < -0.3 is 20.2 Å². The summed E-state index contributed by atoms with van der Waals surface area (Å²) in [5, 5.41) is 28.1. The van der Waals surface area contributed by atoms with Crippen LogP contribution in [0.4, 0.5) is 5.69 Å². The lowest BCUT2D eigenvalue weighted by Crippen LogP contribution is -2.38. The Morgan fingerprint density at radius 3 is 2.58 bits per heavy atom. The molecule has 26 heavy (non-hydrogen) atoms. The number of ether oxygens (including phenoxy) is 1. The number of phenols is 1. The van der Waals surface area contributed by atoms with Crippen molar-refractivity contribution in [1.29, 1.82) is 10.7 Å². The van der Waals surface area contributed by atoms with Gasteiger partial charge in [-0.05, 0) is 50.5 Å². The second kappa shape index (κ2) is 7.20. The molecule has 0 spiro atoms. The Balaban J connectivity index is 2.57. The predicted octanol–water partition coefficient (Wildman–Crippen LogP) is 3.84. The molecule has 0 aromatic heterocycles. The van der Waals surface area contributed by atoms with Gasteiger partial charge in [-0.2, -0.15) is 5.26 Å². The lowest BCUT2D eigenvalue weighted by atomic mass is 9.97. The van der Waals surface area contributed by atoms with Crippen LogP contribution in [-0.2, 0) is 9.53 Å². The molecule has 0 saturated heterocycles. The molecule has 0 amide bonds. The van der Waals surface area contributed by atoms with E-state index in [2.05, 4.69) is 6.07 Å². The van der Waals surface area contributed by atoms with Gasteiger partial charge in [-0.25, -0.2) is 4.79 Å². The average Bonchev–Trinajstić information content (AvgIpc) is 2.53. The van der Waals surface area contributed by atoms with Crippen LogP contribution in [0.1, 0.15) is 58.1 Å². The first-order valence-corrected chi connectivity index (χ1v) is 8.58. The molecule has 0 fully saturated rings. The van der Waals surface area contributed by atoms with E-state index in [1.54, 1.807) is 37.8 Å². The standard InChI is InChI=1S/C20H25N3O3/c1-12(2)15-8-13(10-21)9-17(18(15)24)23-11-14(22)6-7-16(23)19(25)26-20(3,4)5/h7-9,12,22,24H,6,11H2,1-5H3. The van der Waals surface area contributed by atoms with Gasteiger partial charge in [-0.15, -0.1) is 0 Å². The molecule has 0 radical (unpaired) electrons. The molecule has 6 heteroatoms. The largest absolute Gasteiger partial charge is 0.505 e. The number of aromatic hydroxyl groups is 1. The second-order valence-corrected chi connectivity index (χ2v) is 7.68. The molecule has 1 aromatic rings. The van der Waals surface area contributed by atoms with Crippen molar-refractivity contribution in [2.45, 2.75) is 52.6 Å². The molecular weight excluding hydrogens is 330 g/mol. The normalized spacial score (nSPS) is 14.9. The summed E-state index contributed by atoms with van der Waals surface area (Å²) in [6, 6.07) is 5.28. The SMILES string of the molecule is CC(C)c1cc(C#N)cc(N2CC(=N)CC=C2C(=O)OC(C)(C)C)c1O. The van der Waals surface area contributed by atoms with Crippen LogP contribution < -0.4 is 4.90 Å². The molecule has 0 atom stereocenters. The molecule has 2 rings (SSSR count). The summed E-state index contributed by atoms with van der Waals surface area (Å²) in [6.45, 7) is 9.35. The number of allylic oxidation sites excluding steroid dienone is 1. The Bertz CT molecular complexity index is 811. The number of anilines is 1. The minimum atomic E-state index is -0.659. The Morgan fingerprint density at radius 2 is 2.04 bits per heavy atom. The van der Waals surface area contributed by atoms with Gasteiger partial charge in [0, 0.05) is 12.1 Å². The quantitative estimate of drug-likeness (QED) is 0.803. The monoisotopic (exact) mass is 355 g/mol. The topological polar surface area (TPSA) is 97.4 Å². The molecule has 0 bridgehead atoms. The summed E-state index contributed by atoms with van der Waals surface area (Å²) < 4.78 is 5.47. The van der Waals surface area contributed by atoms with Gasteiger partial charge >= 0.3 is 5.97 Å². The second-order valence-electron chi connectivity index (χ2n) is 7.68. The first-order valence-electron chi connectivity index (χ1n) is 8.58. The minimum absolute atomic E-state index is 0.000230. The number of nitrogens with one attached hydrogen (secondary N) is 1. The van der Waals surface area contributed by atoms with Crippen molar-refractivity contribution in [1.82, 2.24) is 0 Å². The lowest BCUT2D eigenvalue weighted by molar-refractivity contribution is -0.150. The molecule has 0 saturated carbocycles. The van der Waals surface area contributed by atoms with Gasteiger partial charge in [0.15, 0.2) is 0 Å². The third-order valence-corrected chi connectivity index (χ3v) is 3.95. The van der Waals surface area contributed by atoms with Crippen LogP contribution >= 0.6 is 0 Å². The van der Waals surface area contributed by atoms with Gasteiger partial charge in [0.2, 0.25) is 0 Å². The number of nitrogens with zero attached hydrogens (tertiary/aromatic N) is 2. The maximum atomic E-state index is 12.6. The zero-order valence-electron chi connectivity index (χ0n) is 15.9. The number of carbonyl (C=O) groups excluding carboxylic acids is 1. The van der Waals surface area contributed by atoms with E-state index in [1.807, 2.05) is 13.8 Å². The Morgan fingerprint density at radius 1 is 1.38 bits per heavy atom. The summed E-state index contributed by atoms with van der Waals surface area (Å²) in [5.41, 5.74) is 1.38. The van der Waals surface area contributed by atoms with Crippen molar-refractivity contribution in [3.05, 3.63) is 35.0 Å². The molecule has 1 aliphatic heterocycles. The van der Waals surface area contributed by atoms with Gasteiger partial charge in [0.05, 0.1) is 23.9 Å². The highest BCUT2D eigenvalue weighted by atomic mass is 16.6. The fourth-order valence-corrected chi connectivity index (χ4v) is 2.76. The lowest BCUT2D eigenvalue weighted by Gasteiger charge is -2.32. The summed E-state index contributed by atoms with van der Waals surface area (Å²) >= 11 is 0. The van der Waals surface area contributed by atoms with Crippen LogP contribution in [0.2, 0.25) is 0 Å². The van der Waals surface area contributed by atoms with Crippen LogP contribution in [0, 0.1) is 16.7 Å². The van der Waals surface area contributed by atoms with E-state index in [0.717, 1.165) is 0 Å². The fraction of sp³-hybridized carbons (Fsp3) is 0.450. The van der Waals surface area contributed by atoms with Crippen LogP contribution in [0.15, 0.2) is 23.9 Å². The van der Waals surface area contributed by atoms with Crippen LogP contribution in [-0.4, -0.2) is 28.9 Å². The maximum absolute atomic E-state index is 12.6. The highest BCUT2D eigenvalue weighted by Gasteiger charge is 2.30. The number of nitriles is 1. The van der Waals surface area contributed by atoms with Crippen molar-refractivity contribution in [2.24, 2.45) is 0 Å². The predicted molar refractivity (Wildman–Crippen MR) is 101 cm³/mol. The zero-order valence-corrected chi connectivity index (χ0v) is 15.9. The smallest absolute Gasteiger partial charge is 0.355 e. The first-order chi connectivity index (χ1) is 12.0. The third kappa shape index (κ3) is 4.23. The maximum Gasteiger partial charge on any atom is 0.355 e. The Kier molecular flexibility index (Phi) is 5.41. The summed E-state index contributed by atoms with van der Waals surface area (Å²) in [7, 11) is 0. The summed E-state index contributed by atoms with van der Waals surface area (Å²) in [5.74, 6) is -0.499. The number of benzene rings is 1. The Labute approximate surface area is 154 Å². The molecular formula is C20H25N3O3. The number of phenolic OH excluding ortho intramolecular Hbond substituents is 1. The van der Waals surface area contributed by atoms with E-state index in [4.69, 9.17) is 10.1 Å². The number of carbonyl (C=O) groups is 1. The molecule has 0 aliphatic carbocycles. The summed E-state index contributed by atoms with van der Waals surface area (Å²) in [4.78, 5) is 14.2.